The fourth-order valence-corrected chi connectivity index (χ4v) is 1.76. The Bertz CT molecular complexity index is 359. The summed E-state index contributed by atoms with van der Waals surface area (Å²) in [7, 11) is -3.19. The summed E-state index contributed by atoms with van der Waals surface area (Å²) in [5.41, 5.74) is 0. The summed E-state index contributed by atoms with van der Waals surface area (Å²) < 4.78 is 25.2. The van der Waals surface area contributed by atoms with Crippen molar-refractivity contribution in [2.24, 2.45) is 0 Å². The van der Waals surface area contributed by atoms with Gasteiger partial charge in [-0.25, -0.2) is 8.42 Å². The summed E-state index contributed by atoms with van der Waals surface area (Å²) in [5.74, 6) is 0.486. The van der Waals surface area contributed by atoms with Crippen LogP contribution in [0.15, 0.2) is 6.20 Å². The van der Waals surface area contributed by atoms with Crippen LogP contribution in [-0.2, 0) is 10.0 Å². The quantitative estimate of drug-likeness (QED) is 0.810. The van der Waals surface area contributed by atoms with E-state index in [0.717, 1.165) is 3.57 Å². The smallest absolute Gasteiger partial charge is 0.233 e. The molecule has 0 amide bonds. The molecule has 1 aromatic heterocycles. The number of hydrogen-bond acceptors (Lipinski definition) is 3. The molecular weight excluding hydrogens is 293 g/mol. The first-order valence-corrected chi connectivity index (χ1v) is 5.97. The minimum Gasteiger partial charge on any atom is -0.267 e. The van der Waals surface area contributed by atoms with Gasteiger partial charge in [0.15, 0.2) is 0 Å². The summed E-state index contributed by atoms with van der Waals surface area (Å²) in [6.07, 6.45) is 1.55. The van der Waals surface area contributed by atoms with Gasteiger partial charge in [-0.2, -0.15) is 5.10 Å². The van der Waals surface area contributed by atoms with Crippen molar-refractivity contribution in [1.82, 2.24) is 10.2 Å². The lowest BCUT2D eigenvalue weighted by Crippen LogP contribution is -2.15. The zero-order chi connectivity index (χ0) is 9.19. The number of nitrogens with zero attached hydrogens (tertiary/aromatic N) is 1. The number of aromatic nitrogens is 2. The van der Waals surface area contributed by atoms with Crippen molar-refractivity contribution in [3.05, 3.63) is 9.77 Å². The van der Waals surface area contributed by atoms with Gasteiger partial charge in [-0.15, -0.1) is 0 Å². The first-order valence-electron chi connectivity index (χ1n) is 3.24. The topological polar surface area (TPSA) is 74.8 Å². The predicted molar refractivity (Wildman–Crippen MR) is 54.4 cm³/mol. The van der Waals surface area contributed by atoms with E-state index >= 15 is 0 Å². The maximum absolute atomic E-state index is 11.1. The number of anilines is 1. The van der Waals surface area contributed by atoms with E-state index in [1.54, 1.807) is 13.1 Å². The van der Waals surface area contributed by atoms with E-state index in [2.05, 4.69) is 14.9 Å². The second kappa shape index (κ2) is 3.60. The van der Waals surface area contributed by atoms with Gasteiger partial charge in [0.1, 0.15) is 5.82 Å². The van der Waals surface area contributed by atoms with Crippen LogP contribution in [0.3, 0.4) is 0 Å². The molecule has 0 bridgehead atoms. The summed E-state index contributed by atoms with van der Waals surface area (Å²) in [5, 5.41) is 6.23. The molecule has 1 rings (SSSR count). The monoisotopic (exact) mass is 301 g/mol. The number of H-pyrrole nitrogens is 1. The van der Waals surface area contributed by atoms with Crippen molar-refractivity contribution >= 4 is 38.4 Å². The molecule has 0 saturated heterocycles. The highest BCUT2D eigenvalue weighted by molar-refractivity contribution is 14.1. The highest BCUT2D eigenvalue weighted by atomic mass is 127. The lowest BCUT2D eigenvalue weighted by molar-refractivity contribution is 0.602. The molecule has 68 valence electrons. The predicted octanol–water partition coefficient (Wildman–Crippen LogP) is 0.776. The largest absolute Gasteiger partial charge is 0.267 e. The number of rotatable bonds is 3. The lowest BCUT2D eigenvalue weighted by atomic mass is 10.7. The van der Waals surface area contributed by atoms with Gasteiger partial charge in [-0.3, -0.25) is 9.82 Å². The van der Waals surface area contributed by atoms with Crippen molar-refractivity contribution in [3.63, 3.8) is 0 Å². The Hall–Kier alpha value is -0.310. The molecule has 0 unspecified atom stereocenters. The van der Waals surface area contributed by atoms with E-state index in [-0.39, 0.29) is 5.75 Å². The third-order valence-electron chi connectivity index (χ3n) is 1.23. The molecule has 5 nitrogen and oxygen atoms in total. The fourth-order valence-electron chi connectivity index (χ4n) is 0.571. The van der Waals surface area contributed by atoms with Gasteiger partial charge in [0.05, 0.1) is 15.5 Å². The van der Waals surface area contributed by atoms with Crippen LogP contribution < -0.4 is 4.72 Å². The Morgan fingerprint density at radius 2 is 2.42 bits per heavy atom. The third-order valence-corrected chi connectivity index (χ3v) is 3.32. The van der Waals surface area contributed by atoms with E-state index < -0.39 is 10.0 Å². The van der Waals surface area contributed by atoms with Crippen LogP contribution in [0, 0.1) is 3.57 Å². The molecule has 0 fully saturated rings. The molecule has 0 radical (unpaired) electrons. The van der Waals surface area contributed by atoms with Crippen molar-refractivity contribution in [3.8, 4) is 0 Å². The Morgan fingerprint density at radius 1 is 1.75 bits per heavy atom. The lowest BCUT2D eigenvalue weighted by Gasteiger charge is -2.02. The van der Waals surface area contributed by atoms with Gasteiger partial charge in [-0.1, -0.05) is 0 Å². The SMILES string of the molecule is CCS(=O)(=O)Nc1[nH]ncc1I. The fraction of sp³-hybridized carbons (Fsp3) is 0.400. The van der Waals surface area contributed by atoms with Crippen LogP contribution in [0.1, 0.15) is 6.92 Å². The van der Waals surface area contributed by atoms with Crippen LogP contribution in [-0.4, -0.2) is 24.4 Å². The van der Waals surface area contributed by atoms with Crippen LogP contribution in [0.2, 0.25) is 0 Å². The maximum atomic E-state index is 11.1. The van der Waals surface area contributed by atoms with Gasteiger partial charge in [0, 0.05) is 0 Å². The van der Waals surface area contributed by atoms with Crippen molar-refractivity contribution < 1.29 is 8.42 Å². The number of sulfonamides is 1. The Labute approximate surface area is 84.1 Å². The van der Waals surface area contributed by atoms with Crippen LogP contribution in [0.5, 0.6) is 0 Å². The van der Waals surface area contributed by atoms with Gasteiger partial charge in [-0.05, 0) is 29.5 Å². The zero-order valence-corrected chi connectivity index (χ0v) is 9.31. The Kier molecular flexibility index (Phi) is 2.94. The number of halogens is 1. The first-order chi connectivity index (χ1) is 5.55. The highest BCUT2D eigenvalue weighted by Gasteiger charge is 2.09. The Balaban J connectivity index is 2.84. The van der Waals surface area contributed by atoms with Gasteiger partial charge in [0.25, 0.3) is 0 Å². The van der Waals surface area contributed by atoms with Crippen molar-refractivity contribution in [2.75, 3.05) is 10.5 Å². The van der Waals surface area contributed by atoms with E-state index in [4.69, 9.17) is 0 Å². The second-order valence-corrected chi connectivity index (χ2v) is 5.27. The minimum atomic E-state index is -3.19. The highest BCUT2D eigenvalue weighted by Crippen LogP contribution is 2.14. The normalized spacial score (nSPS) is 11.5. The van der Waals surface area contributed by atoms with Gasteiger partial charge < -0.3 is 0 Å². The van der Waals surface area contributed by atoms with Crippen molar-refractivity contribution in [2.45, 2.75) is 6.92 Å². The van der Waals surface area contributed by atoms with Gasteiger partial charge in [0.2, 0.25) is 10.0 Å². The molecule has 0 aromatic carbocycles. The summed E-state index contributed by atoms with van der Waals surface area (Å²) in [4.78, 5) is 0. The Morgan fingerprint density at radius 3 is 2.83 bits per heavy atom. The molecule has 2 N–H and O–H groups in total. The molecule has 0 aliphatic rings. The molecule has 0 saturated carbocycles. The average molecular weight is 301 g/mol. The molecular formula is C5H8IN3O2S. The van der Waals surface area contributed by atoms with E-state index in [1.165, 1.54) is 0 Å². The molecule has 7 heteroatoms. The molecule has 0 aliphatic carbocycles. The van der Waals surface area contributed by atoms with E-state index in [0.29, 0.717) is 5.82 Å². The standard InChI is InChI=1S/C5H8IN3O2S/c1-2-12(10,11)9-5-4(6)3-7-8-5/h3H,2H2,1H3,(H2,7,8,9). The van der Waals surface area contributed by atoms with Gasteiger partial charge >= 0.3 is 0 Å². The zero-order valence-electron chi connectivity index (χ0n) is 6.33. The van der Waals surface area contributed by atoms with Crippen LogP contribution >= 0.6 is 22.6 Å². The summed E-state index contributed by atoms with van der Waals surface area (Å²) >= 11 is 1.99. The summed E-state index contributed by atoms with van der Waals surface area (Å²) in [6, 6.07) is 0. The average Bonchev–Trinajstić information content (AvgIpc) is 2.36. The van der Waals surface area contributed by atoms with Crippen LogP contribution in [0.25, 0.3) is 0 Å². The molecule has 12 heavy (non-hydrogen) atoms. The van der Waals surface area contributed by atoms with E-state index in [1.807, 2.05) is 22.6 Å². The molecule has 0 spiro atoms. The maximum Gasteiger partial charge on any atom is 0.233 e. The molecule has 1 aromatic rings. The third kappa shape index (κ3) is 2.34. The first kappa shape index (κ1) is 9.78. The molecule has 1 heterocycles. The molecule has 0 atom stereocenters. The van der Waals surface area contributed by atoms with Crippen molar-refractivity contribution in [1.29, 1.82) is 0 Å². The second-order valence-electron chi connectivity index (χ2n) is 2.10. The van der Waals surface area contributed by atoms with E-state index in [9.17, 15) is 8.42 Å². The number of aromatic amines is 1. The number of nitrogens with one attached hydrogen (secondary N) is 2. The molecule has 0 aliphatic heterocycles. The minimum absolute atomic E-state index is 0.0576. The number of hydrogen-bond donors (Lipinski definition) is 2. The summed E-state index contributed by atoms with van der Waals surface area (Å²) in [6.45, 7) is 1.57. The van der Waals surface area contributed by atoms with Crippen LogP contribution in [0.4, 0.5) is 5.82 Å².